The van der Waals surface area contributed by atoms with Gasteiger partial charge in [-0.2, -0.15) is 0 Å². The van der Waals surface area contributed by atoms with Crippen LogP contribution >= 0.6 is 0 Å². The SMILES string of the molecule is CC(C)C1N(C(=O)C(F)c2ccc(F)cc2)C(=O)OC1(C)C. The maximum Gasteiger partial charge on any atom is 0.417 e. The molecule has 0 saturated carbocycles. The van der Waals surface area contributed by atoms with Crippen LogP contribution in [0.2, 0.25) is 0 Å². The minimum absolute atomic E-state index is 0.00594. The number of carbonyl (C=O) groups is 2. The van der Waals surface area contributed by atoms with Gasteiger partial charge in [0, 0.05) is 0 Å². The Morgan fingerprint density at radius 3 is 2.32 bits per heavy atom. The van der Waals surface area contributed by atoms with Gasteiger partial charge in [0.1, 0.15) is 11.4 Å². The molecule has 2 amide bonds. The highest BCUT2D eigenvalue weighted by atomic mass is 19.1. The number of benzene rings is 1. The van der Waals surface area contributed by atoms with E-state index in [1.165, 1.54) is 12.1 Å². The Hall–Kier alpha value is -1.98. The van der Waals surface area contributed by atoms with Crippen molar-refractivity contribution in [2.75, 3.05) is 0 Å². The van der Waals surface area contributed by atoms with E-state index in [-0.39, 0.29) is 11.5 Å². The van der Waals surface area contributed by atoms with Gasteiger partial charge in [-0.25, -0.2) is 18.5 Å². The van der Waals surface area contributed by atoms with Crippen molar-refractivity contribution < 1.29 is 23.1 Å². The van der Waals surface area contributed by atoms with Crippen LogP contribution in [0.1, 0.15) is 39.4 Å². The second-order valence-electron chi connectivity index (χ2n) is 6.28. The maximum atomic E-state index is 14.5. The van der Waals surface area contributed by atoms with Crippen molar-refractivity contribution in [3.63, 3.8) is 0 Å². The second kappa shape index (κ2) is 5.66. The number of cyclic esters (lactones) is 1. The van der Waals surface area contributed by atoms with Crippen molar-refractivity contribution in [1.82, 2.24) is 4.90 Å². The van der Waals surface area contributed by atoms with Crippen LogP contribution in [0.25, 0.3) is 0 Å². The van der Waals surface area contributed by atoms with Crippen LogP contribution in [0, 0.1) is 11.7 Å². The molecule has 2 unspecified atom stereocenters. The van der Waals surface area contributed by atoms with Crippen LogP contribution in [-0.2, 0) is 9.53 Å². The molecule has 120 valence electrons. The maximum absolute atomic E-state index is 14.5. The van der Waals surface area contributed by atoms with Crippen LogP contribution in [0.15, 0.2) is 24.3 Å². The fourth-order valence-corrected chi connectivity index (χ4v) is 2.98. The topological polar surface area (TPSA) is 46.6 Å². The van der Waals surface area contributed by atoms with E-state index in [2.05, 4.69) is 0 Å². The van der Waals surface area contributed by atoms with E-state index in [1.807, 2.05) is 13.8 Å². The van der Waals surface area contributed by atoms with Crippen LogP contribution in [0.3, 0.4) is 0 Å². The quantitative estimate of drug-likeness (QED) is 0.856. The number of halogens is 2. The molecule has 1 aliphatic heterocycles. The molecule has 0 aliphatic carbocycles. The summed E-state index contributed by atoms with van der Waals surface area (Å²) >= 11 is 0. The van der Waals surface area contributed by atoms with E-state index in [0.717, 1.165) is 17.0 Å². The summed E-state index contributed by atoms with van der Waals surface area (Å²) < 4.78 is 32.5. The molecule has 1 aromatic rings. The molecule has 1 aromatic carbocycles. The molecule has 6 heteroatoms. The first-order chi connectivity index (χ1) is 10.1. The minimum atomic E-state index is -2.04. The summed E-state index contributed by atoms with van der Waals surface area (Å²) in [4.78, 5) is 25.2. The highest BCUT2D eigenvalue weighted by molar-refractivity contribution is 5.96. The third-order valence-corrected chi connectivity index (χ3v) is 3.79. The molecule has 2 rings (SSSR count). The Morgan fingerprint density at radius 2 is 1.82 bits per heavy atom. The first-order valence-corrected chi connectivity index (χ1v) is 7.10. The Morgan fingerprint density at radius 1 is 1.27 bits per heavy atom. The van der Waals surface area contributed by atoms with E-state index in [9.17, 15) is 18.4 Å². The largest absolute Gasteiger partial charge is 0.441 e. The minimum Gasteiger partial charge on any atom is -0.441 e. The molecule has 0 spiro atoms. The number of nitrogens with zero attached hydrogens (tertiary/aromatic N) is 1. The number of hydrogen-bond donors (Lipinski definition) is 0. The zero-order chi connectivity index (χ0) is 16.7. The summed E-state index contributed by atoms with van der Waals surface area (Å²) in [5.74, 6) is -1.60. The number of imide groups is 1. The van der Waals surface area contributed by atoms with Crippen molar-refractivity contribution in [1.29, 1.82) is 0 Å². The smallest absolute Gasteiger partial charge is 0.417 e. The third kappa shape index (κ3) is 2.82. The van der Waals surface area contributed by atoms with Crippen LogP contribution in [0.5, 0.6) is 0 Å². The Balaban J connectivity index is 2.30. The molecule has 1 heterocycles. The summed E-state index contributed by atoms with van der Waals surface area (Å²) in [6.45, 7) is 7.04. The van der Waals surface area contributed by atoms with E-state index < -0.39 is 35.6 Å². The van der Waals surface area contributed by atoms with Crippen LogP contribution in [0.4, 0.5) is 13.6 Å². The predicted octanol–water partition coefficient (Wildman–Crippen LogP) is 3.62. The van der Waals surface area contributed by atoms with Gasteiger partial charge in [0.25, 0.3) is 5.91 Å². The number of amides is 2. The zero-order valence-corrected chi connectivity index (χ0v) is 13.0. The van der Waals surface area contributed by atoms with Gasteiger partial charge in [-0.1, -0.05) is 26.0 Å². The van der Waals surface area contributed by atoms with Gasteiger partial charge in [0.15, 0.2) is 0 Å². The van der Waals surface area contributed by atoms with Crippen molar-refractivity contribution in [2.45, 2.75) is 45.5 Å². The van der Waals surface area contributed by atoms with Gasteiger partial charge in [0.05, 0.1) is 6.04 Å². The Labute approximate surface area is 128 Å². The van der Waals surface area contributed by atoms with E-state index in [0.29, 0.717) is 0 Å². The van der Waals surface area contributed by atoms with Crippen molar-refractivity contribution >= 4 is 12.0 Å². The summed E-state index contributed by atoms with van der Waals surface area (Å²) in [7, 11) is 0. The first kappa shape index (κ1) is 16.4. The lowest BCUT2D eigenvalue weighted by Gasteiger charge is -2.31. The van der Waals surface area contributed by atoms with Gasteiger partial charge in [-0.05, 0) is 37.5 Å². The van der Waals surface area contributed by atoms with E-state index >= 15 is 0 Å². The lowest BCUT2D eigenvalue weighted by atomic mass is 9.88. The molecular weight excluding hydrogens is 292 g/mol. The molecule has 0 aromatic heterocycles. The average molecular weight is 311 g/mol. The molecule has 0 bridgehead atoms. The molecule has 22 heavy (non-hydrogen) atoms. The molecule has 4 nitrogen and oxygen atoms in total. The molecule has 1 saturated heterocycles. The van der Waals surface area contributed by atoms with Crippen LogP contribution < -0.4 is 0 Å². The molecule has 0 radical (unpaired) electrons. The Bertz CT molecular complexity index is 584. The van der Waals surface area contributed by atoms with Gasteiger partial charge >= 0.3 is 6.09 Å². The number of ether oxygens (including phenoxy) is 1. The fraction of sp³-hybridized carbons (Fsp3) is 0.500. The highest BCUT2D eigenvalue weighted by Crippen LogP contribution is 2.36. The van der Waals surface area contributed by atoms with Gasteiger partial charge in [0.2, 0.25) is 6.17 Å². The number of hydrogen-bond acceptors (Lipinski definition) is 3. The monoisotopic (exact) mass is 311 g/mol. The average Bonchev–Trinajstić information content (AvgIpc) is 2.67. The van der Waals surface area contributed by atoms with Crippen molar-refractivity contribution in [3.05, 3.63) is 35.6 Å². The summed E-state index contributed by atoms with van der Waals surface area (Å²) in [6, 6.07) is 3.96. The van der Waals surface area contributed by atoms with Crippen molar-refractivity contribution in [3.8, 4) is 0 Å². The molecular formula is C16H19F2NO3. The standard InChI is InChI=1S/C16H19F2NO3/c1-9(2)13-16(3,4)22-15(21)19(13)14(20)12(18)10-5-7-11(17)8-6-10/h5-9,12-13H,1-4H3. The normalized spacial score (nSPS) is 21.9. The van der Waals surface area contributed by atoms with Gasteiger partial charge in [-0.15, -0.1) is 0 Å². The van der Waals surface area contributed by atoms with E-state index in [1.54, 1.807) is 13.8 Å². The third-order valence-electron chi connectivity index (χ3n) is 3.79. The van der Waals surface area contributed by atoms with Crippen LogP contribution in [-0.4, -0.2) is 28.5 Å². The highest BCUT2D eigenvalue weighted by Gasteiger charge is 2.53. The Kier molecular flexibility index (Phi) is 4.22. The lowest BCUT2D eigenvalue weighted by Crippen LogP contribution is -2.49. The lowest BCUT2D eigenvalue weighted by molar-refractivity contribution is -0.136. The van der Waals surface area contributed by atoms with Gasteiger partial charge < -0.3 is 4.74 Å². The summed E-state index contributed by atoms with van der Waals surface area (Å²) in [6.07, 6.45) is -2.89. The summed E-state index contributed by atoms with van der Waals surface area (Å²) in [5.41, 5.74) is -0.880. The second-order valence-corrected chi connectivity index (χ2v) is 6.28. The van der Waals surface area contributed by atoms with Crippen molar-refractivity contribution in [2.24, 2.45) is 5.92 Å². The first-order valence-electron chi connectivity index (χ1n) is 7.10. The number of alkyl halides is 1. The molecule has 2 atom stereocenters. The predicted molar refractivity (Wildman–Crippen MR) is 76.3 cm³/mol. The number of carbonyl (C=O) groups excluding carboxylic acids is 2. The molecule has 0 N–H and O–H groups in total. The zero-order valence-electron chi connectivity index (χ0n) is 13.0. The van der Waals surface area contributed by atoms with E-state index in [4.69, 9.17) is 4.74 Å². The molecule has 1 aliphatic rings. The fourth-order valence-electron chi connectivity index (χ4n) is 2.98. The molecule has 1 fully saturated rings. The number of rotatable bonds is 3. The van der Waals surface area contributed by atoms with Gasteiger partial charge in [-0.3, -0.25) is 4.79 Å². The summed E-state index contributed by atoms with van der Waals surface area (Å²) in [5, 5.41) is 0.